The molecule has 72 valence electrons. The SMILES string of the molecule is CCCCCC(C)CCC(=O)Cl. The van der Waals surface area contributed by atoms with Crippen molar-refractivity contribution in [3.8, 4) is 0 Å². The van der Waals surface area contributed by atoms with Crippen molar-refractivity contribution in [2.45, 2.75) is 52.4 Å². The molecule has 0 N–H and O–H groups in total. The Balaban J connectivity index is 3.21. The molecule has 0 radical (unpaired) electrons. The number of halogens is 1. The molecule has 0 bridgehead atoms. The highest BCUT2D eigenvalue weighted by Gasteiger charge is 2.03. The van der Waals surface area contributed by atoms with Gasteiger partial charge in [0.15, 0.2) is 0 Å². The number of rotatable bonds is 7. The minimum atomic E-state index is -0.197. The van der Waals surface area contributed by atoms with Crippen LogP contribution in [-0.2, 0) is 4.79 Å². The van der Waals surface area contributed by atoms with Gasteiger partial charge >= 0.3 is 0 Å². The molecule has 0 saturated carbocycles. The molecular weight excluding hydrogens is 172 g/mol. The van der Waals surface area contributed by atoms with Crippen LogP contribution in [0, 0.1) is 5.92 Å². The Morgan fingerprint density at radius 1 is 1.33 bits per heavy atom. The Hall–Kier alpha value is -0.0400. The summed E-state index contributed by atoms with van der Waals surface area (Å²) >= 11 is 5.24. The van der Waals surface area contributed by atoms with Crippen LogP contribution in [0.1, 0.15) is 52.4 Å². The van der Waals surface area contributed by atoms with Gasteiger partial charge < -0.3 is 0 Å². The molecule has 0 aliphatic heterocycles. The molecular formula is C10H19ClO. The van der Waals surface area contributed by atoms with Crippen LogP contribution >= 0.6 is 11.6 Å². The van der Waals surface area contributed by atoms with Crippen molar-refractivity contribution in [3.63, 3.8) is 0 Å². The summed E-state index contributed by atoms with van der Waals surface area (Å²) in [4.78, 5) is 10.4. The van der Waals surface area contributed by atoms with Crippen molar-refractivity contribution < 1.29 is 4.79 Å². The van der Waals surface area contributed by atoms with Crippen molar-refractivity contribution >= 4 is 16.8 Å². The summed E-state index contributed by atoms with van der Waals surface area (Å²) in [7, 11) is 0. The summed E-state index contributed by atoms with van der Waals surface area (Å²) in [6.07, 6.45) is 6.58. The highest BCUT2D eigenvalue weighted by atomic mass is 35.5. The van der Waals surface area contributed by atoms with E-state index in [-0.39, 0.29) is 5.24 Å². The average Bonchev–Trinajstić information content (AvgIpc) is 2.01. The van der Waals surface area contributed by atoms with Crippen LogP contribution in [0.3, 0.4) is 0 Å². The molecule has 0 aromatic heterocycles. The molecule has 0 saturated heterocycles. The van der Waals surface area contributed by atoms with E-state index in [0.29, 0.717) is 12.3 Å². The van der Waals surface area contributed by atoms with Gasteiger partial charge in [-0.05, 0) is 23.9 Å². The van der Waals surface area contributed by atoms with Gasteiger partial charge in [0.2, 0.25) is 5.24 Å². The third-order valence-electron chi connectivity index (χ3n) is 2.13. The lowest BCUT2D eigenvalue weighted by Gasteiger charge is -2.08. The van der Waals surface area contributed by atoms with Gasteiger partial charge in [-0.3, -0.25) is 4.79 Å². The Labute approximate surface area is 80.5 Å². The summed E-state index contributed by atoms with van der Waals surface area (Å²) < 4.78 is 0. The summed E-state index contributed by atoms with van der Waals surface area (Å²) in [5.74, 6) is 0.652. The lowest BCUT2D eigenvalue weighted by Crippen LogP contribution is -1.97. The molecule has 0 aliphatic rings. The highest BCUT2D eigenvalue weighted by molar-refractivity contribution is 6.63. The van der Waals surface area contributed by atoms with Gasteiger partial charge in [-0.15, -0.1) is 0 Å². The molecule has 0 aromatic rings. The van der Waals surface area contributed by atoms with E-state index in [0.717, 1.165) is 6.42 Å². The van der Waals surface area contributed by atoms with Crippen molar-refractivity contribution in [1.82, 2.24) is 0 Å². The maximum Gasteiger partial charge on any atom is 0.221 e. The first-order valence-corrected chi connectivity index (χ1v) is 5.23. The van der Waals surface area contributed by atoms with Crippen LogP contribution in [0.25, 0.3) is 0 Å². The largest absolute Gasteiger partial charge is 0.281 e. The Morgan fingerprint density at radius 3 is 2.50 bits per heavy atom. The molecule has 0 amide bonds. The minimum absolute atomic E-state index is 0.197. The lowest BCUT2D eigenvalue weighted by molar-refractivity contribution is -0.111. The van der Waals surface area contributed by atoms with Crippen LogP contribution in [0.4, 0.5) is 0 Å². The quantitative estimate of drug-likeness (QED) is 0.442. The lowest BCUT2D eigenvalue weighted by atomic mass is 9.99. The van der Waals surface area contributed by atoms with E-state index in [1.54, 1.807) is 0 Å². The number of hydrogen-bond donors (Lipinski definition) is 0. The second-order valence-electron chi connectivity index (χ2n) is 3.49. The van der Waals surface area contributed by atoms with Gasteiger partial charge in [-0.25, -0.2) is 0 Å². The number of hydrogen-bond acceptors (Lipinski definition) is 1. The zero-order valence-corrected chi connectivity index (χ0v) is 8.86. The molecule has 0 rings (SSSR count). The monoisotopic (exact) mass is 190 g/mol. The van der Waals surface area contributed by atoms with Gasteiger partial charge in [0.1, 0.15) is 0 Å². The smallest absolute Gasteiger partial charge is 0.221 e. The molecule has 2 heteroatoms. The molecule has 0 aromatic carbocycles. The molecule has 0 aliphatic carbocycles. The molecule has 0 heterocycles. The predicted molar refractivity (Wildman–Crippen MR) is 53.4 cm³/mol. The second-order valence-corrected chi connectivity index (χ2v) is 3.92. The van der Waals surface area contributed by atoms with E-state index in [4.69, 9.17) is 11.6 Å². The van der Waals surface area contributed by atoms with Gasteiger partial charge in [-0.2, -0.15) is 0 Å². The van der Waals surface area contributed by atoms with Crippen molar-refractivity contribution in [1.29, 1.82) is 0 Å². The first kappa shape index (κ1) is 12.0. The fourth-order valence-corrected chi connectivity index (χ4v) is 1.36. The Bertz CT molecular complexity index is 123. The maximum absolute atomic E-state index is 10.4. The Kier molecular flexibility index (Phi) is 7.58. The fourth-order valence-electron chi connectivity index (χ4n) is 1.25. The number of unbranched alkanes of at least 4 members (excludes halogenated alkanes) is 2. The van der Waals surface area contributed by atoms with E-state index < -0.39 is 0 Å². The van der Waals surface area contributed by atoms with Crippen LogP contribution in [0.2, 0.25) is 0 Å². The van der Waals surface area contributed by atoms with Crippen molar-refractivity contribution in [2.75, 3.05) is 0 Å². The third-order valence-corrected chi connectivity index (χ3v) is 2.32. The average molecular weight is 191 g/mol. The number of carbonyl (C=O) groups excluding carboxylic acids is 1. The Morgan fingerprint density at radius 2 is 2.00 bits per heavy atom. The third kappa shape index (κ3) is 8.06. The molecule has 1 unspecified atom stereocenters. The van der Waals surface area contributed by atoms with Gasteiger partial charge in [-0.1, -0.05) is 39.5 Å². The van der Waals surface area contributed by atoms with Crippen LogP contribution < -0.4 is 0 Å². The molecule has 0 fully saturated rings. The van der Waals surface area contributed by atoms with E-state index in [1.165, 1.54) is 25.7 Å². The van der Waals surface area contributed by atoms with Crippen molar-refractivity contribution in [3.05, 3.63) is 0 Å². The summed E-state index contributed by atoms with van der Waals surface area (Å²) in [6.45, 7) is 4.39. The topological polar surface area (TPSA) is 17.1 Å². The van der Waals surface area contributed by atoms with Crippen molar-refractivity contribution in [2.24, 2.45) is 5.92 Å². The molecule has 0 spiro atoms. The van der Waals surface area contributed by atoms with Gasteiger partial charge in [0.05, 0.1) is 0 Å². The predicted octanol–water partition coefficient (Wildman–Crippen LogP) is 3.75. The summed E-state index contributed by atoms with van der Waals surface area (Å²) in [5, 5.41) is -0.197. The van der Waals surface area contributed by atoms with Crippen LogP contribution in [0.5, 0.6) is 0 Å². The van der Waals surface area contributed by atoms with E-state index >= 15 is 0 Å². The summed E-state index contributed by atoms with van der Waals surface area (Å²) in [6, 6.07) is 0. The first-order chi connectivity index (χ1) is 5.66. The highest BCUT2D eigenvalue weighted by Crippen LogP contribution is 2.15. The minimum Gasteiger partial charge on any atom is -0.281 e. The van der Waals surface area contributed by atoms with E-state index in [2.05, 4.69) is 13.8 Å². The number of carbonyl (C=O) groups is 1. The fraction of sp³-hybridized carbons (Fsp3) is 0.900. The normalized spacial score (nSPS) is 12.9. The zero-order valence-electron chi connectivity index (χ0n) is 8.11. The maximum atomic E-state index is 10.4. The zero-order chi connectivity index (χ0) is 9.40. The second kappa shape index (κ2) is 7.60. The van der Waals surface area contributed by atoms with Gasteiger partial charge in [0.25, 0.3) is 0 Å². The standard InChI is InChI=1S/C10H19ClO/c1-3-4-5-6-9(2)7-8-10(11)12/h9H,3-8H2,1-2H3. The van der Waals surface area contributed by atoms with Crippen LogP contribution in [0.15, 0.2) is 0 Å². The summed E-state index contributed by atoms with van der Waals surface area (Å²) in [5.41, 5.74) is 0. The molecule has 12 heavy (non-hydrogen) atoms. The van der Waals surface area contributed by atoms with E-state index in [9.17, 15) is 4.79 Å². The van der Waals surface area contributed by atoms with E-state index in [1.807, 2.05) is 0 Å². The molecule has 1 nitrogen and oxygen atoms in total. The first-order valence-electron chi connectivity index (χ1n) is 4.85. The van der Waals surface area contributed by atoms with Gasteiger partial charge in [0, 0.05) is 6.42 Å². The van der Waals surface area contributed by atoms with Crippen LogP contribution in [-0.4, -0.2) is 5.24 Å². The molecule has 1 atom stereocenters.